The Balaban J connectivity index is 2.04. The zero-order valence-electron chi connectivity index (χ0n) is 10.8. The summed E-state index contributed by atoms with van der Waals surface area (Å²) in [6.07, 6.45) is 5.74. The normalized spacial score (nSPS) is 17.9. The molecule has 1 fully saturated rings. The second-order valence-electron chi connectivity index (χ2n) is 5.12. The fourth-order valence-electron chi connectivity index (χ4n) is 2.28. The van der Waals surface area contributed by atoms with Crippen molar-refractivity contribution in [1.82, 2.24) is 9.88 Å². The number of nitrogens with one attached hydrogen (secondary N) is 1. The van der Waals surface area contributed by atoms with E-state index in [4.69, 9.17) is 0 Å². The van der Waals surface area contributed by atoms with Crippen molar-refractivity contribution in [3.05, 3.63) is 22.3 Å². The standard InChI is InChI=1S/C13H20BrN3/c1-10-5-8-15-12(11(10)14)16-9-13(17(2)3)6-4-7-13/h5,8H,4,6-7,9H2,1-3H3,(H,15,16). The Morgan fingerprint density at radius 1 is 1.47 bits per heavy atom. The topological polar surface area (TPSA) is 28.2 Å². The molecule has 0 amide bonds. The van der Waals surface area contributed by atoms with E-state index in [0.717, 1.165) is 16.8 Å². The van der Waals surface area contributed by atoms with Crippen LogP contribution in [0.4, 0.5) is 5.82 Å². The summed E-state index contributed by atoms with van der Waals surface area (Å²) in [6.45, 7) is 3.05. The number of pyridine rings is 1. The molecule has 0 bridgehead atoms. The molecule has 3 nitrogen and oxygen atoms in total. The van der Waals surface area contributed by atoms with Crippen molar-refractivity contribution in [1.29, 1.82) is 0 Å². The van der Waals surface area contributed by atoms with Crippen LogP contribution in [0.2, 0.25) is 0 Å². The summed E-state index contributed by atoms with van der Waals surface area (Å²) in [5.74, 6) is 0.957. The average Bonchev–Trinajstić information content (AvgIpc) is 2.22. The van der Waals surface area contributed by atoms with Crippen LogP contribution in [0.25, 0.3) is 0 Å². The third-order valence-electron chi connectivity index (χ3n) is 3.90. The summed E-state index contributed by atoms with van der Waals surface area (Å²) in [5.41, 5.74) is 1.54. The van der Waals surface area contributed by atoms with Crippen molar-refractivity contribution in [2.45, 2.75) is 31.7 Å². The van der Waals surface area contributed by atoms with Gasteiger partial charge in [0.25, 0.3) is 0 Å². The summed E-state index contributed by atoms with van der Waals surface area (Å²) >= 11 is 3.59. The number of aromatic nitrogens is 1. The highest BCUT2D eigenvalue weighted by Crippen LogP contribution is 2.36. The highest BCUT2D eigenvalue weighted by molar-refractivity contribution is 9.10. The molecule has 0 aliphatic heterocycles. The van der Waals surface area contributed by atoms with Gasteiger partial charge in [-0.25, -0.2) is 4.98 Å². The summed E-state index contributed by atoms with van der Waals surface area (Å²) in [4.78, 5) is 6.72. The van der Waals surface area contributed by atoms with E-state index < -0.39 is 0 Å². The number of hydrogen-bond donors (Lipinski definition) is 1. The molecular weight excluding hydrogens is 278 g/mol. The van der Waals surface area contributed by atoms with Gasteiger partial charge in [0, 0.05) is 18.3 Å². The molecule has 2 rings (SSSR count). The van der Waals surface area contributed by atoms with Crippen molar-refractivity contribution in [2.75, 3.05) is 26.0 Å². The second kappa shape index (κ2) is 4.94. The van der Waals surface area contributed by atoms with Crippen LogP contribution in [0.3, 0.4) is 0 Å². The van der Waals surface area contributed by atoms with Gasteiger partial charge in [0.15, 0.2) is 0 Å². The quantitative estimate of drug-likeness (QED) is 0.926. The number of rotatable bonds is 4. The summed E-state index contributed by atoms with van der Waals surface area (Å²) in [7, 11) is 4.33. The van der Waals surface area contributed by atoms with E-state index in [-0.39, 0.29) is 0 Å². The number of halogens is 1. The molecule has 94 valence electrons. The number of hydrogen-bond acceptors (Lipinski definition) is 3. The lowest BCUT2D eigenvalue weighted by molar-refractivity contribution is 0.0738. The van der Waals surface area contributed by atoms with Gasteiger partial charge >= 0.3 is 0 Å². The smallest absolute Gasteiger partial charge is 0.140 e. The molecule has 0 spiro atoms. The molecule has 0 radical (unpaired) electrons. The SMILES string of the molecule is Cc1ccnc(NCC2(N(C)C)CCC2)c1Br. The first kappa shape index (κ1) is 12.8. The van der Waals surface area contributed by atoms with Gasteiger partial charge in [-0.05, 0) is 67.8 Å². The predicted octanol–water partition coefficient (Wildman–Crippen LogP) is 3.05. The lowest BCUT2D eigenvalue weighted by atomic mass is 9.75. The number of nitrogens with zero attached hydrogens (tertiary/aromatic N) is 2. The fraction of sp³-hybridized carbons (Fsp3) is 0.615. The van der Waals surface area contributed by atoms with Crippen LogP contribution in [0.1, 0.15) is 24.8 Å². The van der Waals surface area contributed by atoms with Crippen LogP contribution in [0, 0.1) is 6.92 Å². The van der Waals surface area contributed by atoms with E-state index in [1.165, 1.54) is 24.8 Å². The molecule has 0 atom stereocenters. The van der Waals surface area contributed by atoms with Crippen LogP contribution in [0.15, 0.2) is 16.7 Å². The Hall–Kier alpha value is -0.610. The molecular formula is C13H20BrN3. The van der Waals surface area contributed by atoms with Crippen molar-refractivity contribution in [3.63, 3.8) is 0 Å². The van der Waals surface area contributed by atoms with Crippen LogP contribution in [-0.4, -0.2) is 36.1 Å². The van der Waals surface area contributed by atoms with Crippen molar-refractivity contribution in [3.8, 4) is 0 Å². The van der Waals surface area contributed by atoms with Gasteiger partial charge in [-0.3, -0.25) is 0 Å². The highest BCUT2D eigenvalue weighted by Gasteiger charge is 2.38. The lowest BCUT2D eigenvalue weighted by Crippen LogP contribution is -2.54. The molecule has 1 aliphatic carbocycles. The van der Waals surface area contributed by atoms with Crippen LogP contribution in [0.5, 0.6) is 0 Å². The van der Waals surface area contributed by atoms with E-state index in [1.54, 1.807) is 0 Å². The fourth-order valence-corrected chi connectivity index (χ4v) is 2.65. The van der Waals surface area contributed by atoms with Gasteiger partial charge in [0.1, 0.15) is 5.82 Å². The average molecular weight is 298 g/mol. The van der Waals surface area contributed by atoms with Gasteiger partial charge in [0.2, 0.25) is 0 Å². The molecule has 17 heavy (non-hydrogen) atoms. The first-order valence-corrected chi connectivity index (χ1v) is 6.87. The number of anilines is 1. The molecule has 1 aromatic rings. The van der Waals surface area contributed by atoms with E-state index in [2.05, 4.69) is 52.1 Å². The third-order valence-corrected chi connectivity index (χ3v) is 4.90. The minimum Gasteiger partial charge on any atom is -0.367 e. The van der Waals surface area contributed by atoms with Crippen LogP contribution in [-0.2, 0) is 0 Å². The van der Waals surface area contributed by atoms with Crippen LogP contribution < -0.4 is 5.32 Å². The summed E-state index contributed by atoms with van der Waals surface area (Å²) < 4.78 is 1.08. The molecule has 1 aliphatic rings. The monoisotopic (exact) mass is 297 g/mol. The van der Waals surface area contributed by atoms with Gasteiger partial charge in [-0.1, -0.05) is 0 Å². The Morgan fingerprint density at radius 3 is 2.71 bits per heavy atom. The Bertz CT molecular complexity index is 400. The van der Waals surface area contributed by atoms with Crippen molar-refractivity contribution < 1.29 is 0 Å². The Kier molecular flexibility index (Phi) is 3.73. The molecule has 0 unspecified atom stereocenters. The molecule has 1 N–H and O–H groups in total. The maximum absolute atomic E-state index is 4.38. The highest BCUT2D eigenvalue weighted by atomic mass is 79.9. The number of aryl methyl sites for hydroxylation is 1. The molecule has 1 aromatic heterocycles. The van der Waals surface area contributed by atoms with Gasteiger partial charge < -0.3 is 10.2 Å². The first-order chi connectivity index (χ1) is 8.05. The zero-order valence-corrected chi connectivity index (χ0v) is 12.3. The Labute approximate surface area is 112 Å². The zero-order chi connectivity index (χ0) is 12.5. The van der Waals surface area contributed by atoms with E-state index >= 15 is 0 Å². The van der Waals surface area contributed by atoms with Gasteiger partial charge in [0.05, 0.1) is 4.47 Å². The lowest BCUT2D eigenvalue weighted by Gasteiger charge is -2.47. The summed E-state index contributed by atoms with van der Waals surface area (Å²) in [6, 6.07) is 2.01. The van der Waals surface area contributed by atoms with E-state index in [1.807, 2.05) is 12.3 Å². The van der Waals surface area contributed by atoms with Crippen LogP contribution >= 0.6 is 15.9 Å². The molecule has 4 heteroatoms. The first-order valence-electron chi connectivity index (χ1n) is 6.08. The molecule has 0 aromatic carbocycles. The van der Waals surface area contributed by atoms with Crippen molar-refractivity contribution >= 4 is 21.7 Å². The van der Waals surface area contributed by atoms with Gasteiger partial charge in [-0.2, -0.15) is 0 Å². The Morgan fingerprint density at radius 2 is 2.18 bits per heavy atom. The largest absolute Gasteiger partial charge is 0.367 e. The molecule has 0 saturated heterocycles. The van der Waals surface area contributed by atoms with Gasteiger partial charge in [-0.15, -0.1) is 0 Å². The minimum atomic E-state index is 0.324. The maximum atomic E-state index is 4.38. The number of likely N-dealkylation sites (N-methyl/N-ethyl adjacent to an activating group) is 1. The van der Waals surface area contributed by atoms with E-state index in [9.17, 15) is 0 Å². The van der Waals surface area contributed by atoms with E-state index in [0.29, 0.717) is 5.54 Å². The maximum Gasteiger partial charge on any atom is 0.140 e. The molecule has 1 heterocycles. The predicted molar refractivity (Wildman–Crippen MR) is 75.4 cm³/mol. The second-order valence-corrected chi connectivity index (χ2v) is 5.91. The summed E-state index contributed by atoms with van der Waals surface area (Å²) in [5, 5.41) is 3.48. The third kappa shape index (κ3) is 2.47. The minimum absolute atomic E-state index is 0.324. The van der Waals surface area contributed by atoms with Crippen molar-refractivity contribution in [2.24, 2.45) is 0 Å². The molecule has 1 saturated carbocycles.